The molecular weight excluding hydrogens is 136 g/mol. The van der Waals surface area contributed by atoms with Gasteiger partial charge in [-0.15, -0.1) is 0 Å². The van der Waals surface area contributed by atoms with E-state index >= 15 is 0 Å². The summed E-state index contributed by atoms with van der Waals surface area (Å²) in [6, 6.07) is 0. The molecule has 2 heteroatoms. The smallest absolute Gasteiger partial charge is 0.0588 e. The van der Waals surface area contributed by atoms with Crippen molar-refractivity contribution in [1.82, 2.24) is 9.80 Å². The van der Waals surface area contributed by atoms with Crippen molar-refractivity contribution in [3.63, 3.8) is 0 Å². The average Bonchev–Trinajstić information content (AvgIpc) is 1.81. The fraction of sp³-hybridized carbons (Fsp3) is 1.00. The van der Waals surface area contributed by atoms with Gasteiger partial charge in [0.1, 0.15) is 0 Å². The summed E-state index contributed by atoms with van der Waals surface area (Å²) >= 11 is 0. The molecule has 1 aliphatic heterocycles. The molecule has 0 saturated carbocycles. The summed E-state index contributed by atoms with van der Waals surface area (Å²) in [4.78, 5) is 4.81. The van der Waals surface area contributed by atoms with Gasteiger partial charge >= 0.3 is 0 Å². The lowest BCUT2D eigenvalue weighted by molar-refractivity contribution is -0.0138. The molecule has 0 spiro atoms. The van der Waals surface area contributed by atoms with Crippen molar-refractivity contribution >= 4 is 0 Å². The van der Waals surface area contributed by atoms with Crippen LogP contribution in [0.25, 0.3) is 0 Å². The molecule has 0 bridgehead atoms. The first-order valence-electron chi connectivity index (χ1n) is 4.33. The lowest BCUT2D eigenvalue weighted by Gasteiger charge is -2.46. The van der Waals surface area contributed by atoms with Crippen molar-refractivity contribution in [3.05, 3.63) is 0 Å². The van der Waals surface area contributed by atoms with E-state index < -0.39 is 0 Å². The van der Waals surface area contributed by atoms with Gasteiger partial charge in [-0.1, -0.05) is 13.8 Å². The van der Waals surface area contributed by atoms with Crippen LogP contribution >= 0.6 is 0 Å². The zero-order valence-electron chi connectivity index (χ0n) is 8.39. The zero-order chi connectivity index (χ0) is 8.65. The fourth-order valence-corrected chi connectivity index (χ4v) is 2.00. The van der Waals surface area contributed by atoms with Gasteiger partial charge < -0.3 is 0 Å². The molecule has 0 aromatic carbocycles. The molecule has 0 aromatic rings. The molecule has 1 saturated heterocycles. The summed E-state index contributed by atoms with van der Waals surface area (Å²) < 4.78 is 0. The van der Waals surface area contributed by atoms with E-state index in [0.29, 0.717) is 11.6 Å². The minimum absolute atomic E-state index is 0.454. The third-order valence-corrected chi connectivity index (χ3v) is 2.63. The van der Waals surface area contributed by atoms with E-state index in [2.05, 4.69) is 44.7 Å². The van der Waals surface area contributed by atoms with Gasteiger partial charge in [0.2, 0.25) is 0 Å². The Morgan fingerprint density at radius 3 is 1.82 bits per heavy atom. The summed E-state index contributed by atoms with van der Waals surface area (Å²) in [5.74, 6) is 0. The maximum atomic E-state index is 2.41. The summed E-state index contributed by atoms with van der Waals surface area (Å²) in [6.45, 7) is 9.32. The Balaban J connectivity index is 2.62. The summed E-state index contributed by atoms with van der Waals surface area (Å²) in [5.41, 5.74) is 0.454. The molecule has 0 atom stereocenters. The Hall–Kier alpha value is -0.0800. The highest BCUT2D eigenvalue weighted by Gasteiger charge is 2.31. The van der Waals surface area contributed by atoms with Gasteiger partial charge in [-0.2, -0.15) is 0 Å². The Morgan fingerprint density at radius 2 is 1.45 bits per heavy atom. The average molecular weight is 156 g/mol. The van der Waals surface area contributed by atoms with Gasteiger partial charge in [0.05, 0.1) is 6.17 Å². The van der Waals surface area contributed by atoms with E-state index in [1.807, 2.05) is 0 Å². The summed E-state index contributed by atoms with van der Waals surface area (Å²) in [7, 11) is 4.39. The molecule has 0 aromatic heterocycles. The van der Waals surface area contributed by atoms with E-state index in [0.717, 1.165) is 0 Å². The summed E-state index contributed by atoms with van der Waals surface area (Å²) in [5, 5.41) is 0. The molecule has 1 heterocycles. The highest BCUT2D eigenvalue weighted by atomic mass is 15.4. The van der Waals surface area contributed by atoms with Gasteiger partial charge in [-0.25, -0.2) is 0 Å². The molecule has 0 unspecified atom stereocenters. The highest BCUT2D eigenvalue weighted by Crippen LogP contribution is 2.24. The molecular formula is C9H20N2. The summed E-state index contributed by atoms with van der Waals surface area (Å²) in [6.07, 6.45) is 0.600. The molecule has 1 fully saturated rings. The van der Waals surface area contributed by atoms with Gasteiger partial charge in [-0.05, 0) is 26.4 Å². The number of nitrogens with zero attached hydrogens (tertiary/aromatic N) is 2. The van der Waals surface area contributed by atoms with E-state index in [4.69, 9.17) is 0 Å². The molecule has 0 N–H and O–H groups in total. The van der Waals surface area contributed by atoms with Gasteiger partial charge in [0.15, 0.2) is 0 Å². The van der Waals surface area contributed by atoms with Crippen LogP contribution in [0.4, 0.5) is 0 Å². The zero-order valence-corrected chi connectivity index (χ0v) is 8.39. The van der Waals surface area contributed by atoms with Gasteiger partial charge in [0, 0.05) is 13.1 Å². The predicted molar refractivity (Wildman–Crippen MR) is 48.5 cm³/mol. The lowest BCUT2D eigenvalue weighted by atomic mass is 9.90. The van der Waals surface area contributed by atoms with Crippen molar-refractivity contribution in [2.24, 2.45) is 5.41 Å². The number of rotatable bonds is 0. The van der Waals surface area contributed by atoms with Crippen molar-refractivity contribution in [2.75, 3.05) is 27.2 Å². The van der Waals surface area contributed by atoms with Crippen LogP contribution in [0.3, 0.4) is 0 Å². The Kier molecular flexibility index (Phi) is 2.26. The molecule has 0 radical (unpaired) electrons. The van der Waals surface area contributed by atoms with Crippen LogP contribution in [0.2, 0.25) is 0 Å². The van der Waals surface area contributed by atoms with Crippen LogP contribution in [0.5, 0.6) is 0 Å². The number of hydrogen-bond acceptors (Lipinski definition) is 2. The van der Waals surface area contributed by atoms with Crippen molar-refractivity contribution in [3.8, 4) is 0 Å². The van der Waals surface area contributed by atoms with E-state index in [-0.39, 0.29) is 0 Å². The fourth-order valence-electron chi connectivity index (χ4n) is 2.00. The molecule has 1 aliphatic rings. The molecule has 11 heavy (non-hydrogen) atoms. The SMILES string of the molecule is CC1N(C)CC(C)(C)CN1C. The van der Waals surface area contributed by atoms with Gasteiger partial charge in [0.25, 0.3) is 0 Å². The quantitative estimate of drug-likeness (QED) is 0.520. The number of hydrogen-bond donors (Lipinski definition) is 0. The van der Waals surface area contributed by atoms with E-state index in [1.165, 1.54) is 13.1 Å². The first-order valence-corrected chi connectivity index (χ1v) is 4.33. The second-order valence-electron chi connectivity index (χ2n) is 4.63. The maximum Gasteiger partial charge on any atom is 0.0588 e. The second-order valence-corrected chi connectivity index (χ2v) is 4.63. The van der Waals surface area contributed by atoms with Gasteiger partial charge in [-0.3, -0.25) is 9.80 Å². The molecule has 0 aliphatic carbocycles. The van der Waals surface area contributed by atoms with Crippen LogP contribution < -0.4 is 0 Å². The Labute approximate surface area is 70.2 Å². The first kappa shape index (κ1) is 9.01. The second kappa shape index (κ2) is 2.76. The highest BCUT2D eigenvalue weighted by molar-refractivity contribution is 4.83. The normalized spacial score (nSPS) is 29.2. The lowest BCUT2D eigenvalue weighted by Crippen LogP contribution is -2.55. The minimum atomic E-state index is 0.454. The molecule has 66 valence electrons. The topological polar surface area (TPSA) is 6.48 Å². The largest absolute Gasteiger partial charge is 0.291 e. The maximum absolute atomic E-state index is 2.41. The Bertz CT molecular complexity index is 128. The van der Waals surface area contributed by atoms with Crippen molar-refractivity contribution in [1.29, 1.82) is 0 Å². The first-order chi connectivity index (χ1) is 4.92. The standard InChI is InChI=1S/C9H20N2/c1-8-10(4)6-9(2,3)7-11(8)5/h8H,6-7H2,1-5H3. The third kappa shape index (κ3) is 1.94. The van der Waals surface area contributed by atoms with Crippen LogP contribution in [0.15, 0.2) is 0 Å². The minimum Gasteiger partial charge on any atom is -0.291 e. The molecule has 0 amide bonds. The third-order valence-electron chi connectivity index (χ3n) is 2.63. The van der Waals surface area contributed by atoms with Crippen molar-refractivity contribution < 1.29 is 0 Å². The van der Waals surface area contributed by atoms with E-state index in [9.17, 15) is 0 Å². The van der Waals surface area contributed by atoms with Crippen LogP contribution in [-0.4, -0.2) is 43.2 Å². The predicted octanol–water partition coefficient (Wildman–Crippen LogP) is 1.24. The molecule has 1 rings (SSSR count). The van der Waals surface area contributed by atoms with Crippen LogP contribution in [-0.2, 0) is 0 Å². The monoisotopic (exact) mass is 156 g/mol. The molecule has 2 nitrogen and oxygen atoms in total. The van der Waals surface area contributed by atoms with Crippen molar-refractivity contribution in [2.45, 2.75) is 26.9 Å². The van der Waals surface area contributed by atoms with E-state index in [1.54, 1.807) is 0 Å². The van der Waals surface area contributed by atoms with Crippen LogP contribution in [0.1, 0.15) is 20.8 Å². The Morgan fingerprint density at radius 1 is 1.09 bits per heavy atom. The van der Waals surface area contributed by atoms with Crippen LogP contribution in [0, 0.1) is 5.41 Å².